The monoisotopic (exact) mass is 409 g/mol. The number of aromatic nitrogens is 2. The minimum atomic E-state index is -0.119. The van der Waals surface area contributed by atoms with Gasteiger partial charge in [0.25, 0.3) is 0 Å². The average molecular weight is 409 g/mol. The normalized spacial score (nSPS) is 19.3. The molecule has 0 spiro atoms. The van der Waals surface area contributed by atoms with Gasteiger partial charge in [0.15, 0.2) is 0 Å². The molecule has 2 fully saturated rings. The van der Waals surface area contributed by atoms with Crippen LogP contribution in [-0.4, -0.2) is 70.8 Å². The van der Waals surface area contributed by atoms with E-state index in [2.05, 4.69) is 10.2 Å². The molecule has 2 saturated heterocycles. The van der Waals surface area contributed by atoms with Crippen LogP contribution in [0, 0.1) is 13.8 Å². The minimum absolute atomic E-state index is 0.0441. The molecule has 0 bridgehead atoms. The van der Waals surface area contributed by atoms with Gasteiger partial charge in [0, 0.05) is 31.4 Å². The Bertz CT molecular complexity index is 900. The number of anilines is 1. The molecule has 0 aliphatic carbocycles. The largest absolute Gasteiger partial charge is 0.471 e. The first-order valence-electron chi connectivity index (χ1n) is 10.4. The zero-order valence-electron chi connectivity index (χ0n) is 17.5. The highest BCUT2D eigenvalue weighted by Crippen LogP contribution is 2.22. The summed E-state index contributed by atoms with van der Waals surface area (Å²) < 4.78 is 5.91. The number of aryl methyl sites for hydroxylation is 2. The van der Waals surface area contributed by atoms with Crippen molar-refractivity contribution in [3.05, 3.63) is 47.7 Å². The second kappa shape index (κ2) is 8.69. The molecular formula is C22H27N5O3. The first-order valence-corrected chi connectivity index (χ1v) is 10.4. The van der Waals surface area contributed by atoms with Crippen LogP contribution in [0.25, 0.3) is 0 Å². The molecule has 1 atom stereocenters. The number of likely N-dealkylation sites (tertiary alicyclic amines) is 1. The van der Waals surface area contributed by atoms with E-state index in [0.717, 1.165) is 29.8 Å². The number of hydrogen-bond donors (Lipinski definition) is 0. The van der Waals surface area contributed by atoms with E-state index in [0.29, 0.717) is 32.1 Å². The predicted octanol–water partition coefficient (Wildman–Crippen LogP) is 2.41. The summed E-state index contributed by atoms with van der Waals surface area (Å²) in [5.74, 6) is 0.431. The van der Waals surface area contributed by atoms with E-state index in [1.165, 1.54) is 0 Å². The zero-order chi connectivity index (χ0) is 21.1. The standard InChI is InChI=1S/C22H27N5O3/c1-16-5-8-18(9-6-16)27-13-12-26(22(27)29)15-21(28)25-11-3-4-19(14-25)30-20-10-7-17(2)23-24-20/h5-10,19H,3-4,11-15H2,1-2H3. The van der Waals surface area contributed by atoms with E-state index in [4.69, 9.17) is 4.74 Å². The number of urea groups is 1. The molecule has 0 radical (unpaired) electrons. The minimum Gasteiger partial charge on any atom is -0.471 e. The van der Waals surface area contributed by atoms with Gasteiger partial charge in [-0.2, -0.15) is 5.10 Å². The molecule has 1 aromatic carbocycles. The van der Waals surface area contributed by atoms with Gasteiger partial charge < -0.3 is 14.5 Å². The molecule has 158 valence electrons. The van der Waals surface area contributed by atoms with E-state index < -0.39 is 0 Å². The molecule has 4 rings (SSSR count). The highest BCUT2D eigenvalue weighted by molar-refractivity contribution is 5.96. The SMILES string of the molecule is Cc1ccc(N2CCN(CC(=O)N3CCCC(Oc4ccc(C)nn4)C3)C2=O)cc1. The topological polar surface area (TPSA) is 78.9 Å². The number of ether oxygens (including phenoxy) is 1. The molecular weight excluding hydrogens is 382 g/mol. The maximum absolute atomic E-state index is 12.9. The third-order valence-corrected chi connectivity index (χ3v) is 5.56. The van der Waals surface area contributed by atoms with Crippen molar-refractivity contribution in [1.29, 1.82) is 0 Å². The number of benzene rings is 1. The van der Waals surface area contributed by atoms with Crippen LogP contribution >= 0.6 is 0 Å². The van der Waals surface area contributed by atoms with Gasteiger partial charge in [-0.3, -0.25) is 9.69 Å². The summed E-state index contributed by atoms with van der Waals surface area (Å²) in [5, 5.41) is 8.05. The number of rotatable bonds is 5. The van der Waals surface area contributed by atoms with Crippen LogP contribution in [0.1, 0.15) is 24.1 Å². The second-order valence-electron chi connectivity index (χ2n) is 7.93. The van der Waals surface area contributed by atoms with Crippen LogP contribution < -0.4 is 9.64 Å². The van der Waals surface area contributed by atoms with Crippen LogP contribution in [0.4, 0.5) is 10.5 Å². The maximum Gasteiger partial charge on any atom is 0.325 e. The molecule has 2 aromatic rings. The Morgan fingerprint density at radius 1 is 1.07 bits per heavy atom. The molecule has 2 aliphatic heterocycles. The lowest BCUT2D eigenvalue weighted by Crippen LogP contribution is -2.48. The molecule has 30 heavy (non-hydrogen) atoms. The van der Waals surface area contributed by atoms with Gasteiger partial charge in [0.1, 0.15) is 12.6 Å². The fourth-order valence-electron chi connectivity index (χ4n) is 3.84. The molecule has 8 nitrogen and oxygen atoms in total. The zero-order valence-corrected chi connectivity index (χ0v) is 17.5. The Morgan fingerprint density at radius 2 is 1.87 bits per heavy atom. The van der Waals surface area contributed by atoms with Crippen molar-refractivity contribution in [3.63, 3.8) is 0 Å². The number of hydrogen-bond acceptors (Lipinski definition) is 5. The smallest absolute Gasteiger partial charge is 0.325 e. The molecule has 2 aliphatic rings. The van der Waals surface area contributed by atoms with Gasteiger partial charge in [-0.1, -0.05) is 17.7 Å². The molecule has 1 unspecified atom stereocenters. The maximum atomic E-state index is 12.9. The van der Waals surface area contributed by atoms with Gasteiger partial charge in [0.2, 0.25) is 11.8 Å². The van der Waals surface area contributed by atoms with Gasteiger partial charge >= 0.3 is 6.03 Å². The predicted molar refractivity (Wildman–Crippen MR) is 112 cm³/mol. The van der Waals surface area contributed by atoms with E-state index in [1.807, 2.05) is 44.2 Å². The molecule has 0 N–H and O–H groups in total. The van der Waals surface area contributed by atoms with Crippen LogP contribution in [0.15, 0.2) is 36.4 Å². The summed E-state index contributed by atoms with van der Waals surface area (Å²) >= 11 is 0. The van der Waals surface area contributed by atoms with Crippen molar-refractivity contribution >= 4 is 17.6 Å². The summed E-state index contributed by atoms with van der Waals surface area (Å²) in [6.07, 6.45) is 1.61. The summed E-state index contributed by atoms with van der Waals surface area (Å²) in [7, 11) is 0. The lowest BCUT2D eigenvalue weighted by Gasteiger charge is -2.33. The Labute approximate surface area is 176 Å². The van der Waals surface area contributed by atoms with Crippen molar-refractivity contribution in [2.75, 3.05) is 37.6 Å². The van der Waals surface area contributed by atoms with Crippen molar-refractivity contribution in [1.82, 2.24) is 20.0 Å². The molecule has 1 aromatic heterocycles. The fraction of sp³-hybridized carbons (Fsp3) is 0.455. The summed E-state index contributed by atoms with van der Waals surface area (Å²) in [6.45, 7) is 6.30. The third-order valence-electron chi connectivity index (χ3n) is 5.56. The highest BCUT2D eigenvalue weighted by Gasteiger charge is 2.33. The quantitative estimate of drug-likeness (QED) is 0.758. The van der Waals surface area contributed by atoms with Crippen molar-refractivity contribution in [3.8, 4) is 5.88 Å². The second-order valence-corrected chi connectivity index (χ2v) is 7.93. The molecule has 8 heteroatoms. The van der Waals surface area contributed by atoms with Crippen molar-refractivity contribution in [2.24, 2.45) is 0 Å². The summed E-state index contributed by atoms with van der Waals surface area (Å²) in [4.78, 5) is 30.8. The Morgan fingerprint density at radius 3 is 2.60 bits per heavy atom. The first kappa shape index (κ1) is 20.1. The number of amides is 3. The van der Waals surface area contributed by atoms with E-state index in [9.17, 15) is 9.59 Å². The van der Waals surface area contributed by atoms with Crippen LogP contribution in [0.5, 0.6) is 5.88 Å². The highest BCUT2D eigenvalue weighted by atomic mass is 16.5. The lowest BCUT2D eigenvalue weighted by atomic mass is 10.1. The molecule has 3 heterocycles. The molecule has 3 amide bonds. The third kappa shape index (κ3) is 4.53. The van der Waals surface area contributed by atoms with Crippen molar-refractivity contribution < 1.29 is 14.3 Å². The Balaban J connectivity index is 1.32. The van der Waals surface area contributed by atoms with Gasteiger partial charge in [-0.05, 0) is 44.9 Å². The first-order chi connectivity index (χ1) is 14.5. The molecule has 0 saturated carbocycles. The van der Waals surface area contributed by atoms with Crippen LogP contribution in [-0.2, 0) is 4.79 Å². The fourth-order valence-corrected chi connectivity index (χ4v) is 3.84. The summed E-state index contributed by atoms with van der Waals surface area (Å²) in [5.41, 5.74) is 2.85. The number of carbonyl (C=O) groups excluding carboxylic acids is 2. The van der Waals surface area contributed by atoms with E-state index in [1.54, 1.807) is 20.8 Å². The van der Waals surface area contributed by atoms with E-state index in [-0.39, 0.29) is 24.6 Å². The summed E-state index contributed by atoms with van der Waals surface area (Å²) in [6, 6.07) is 11.4. The number of carbonyl (C=O) groups is 2. The average Bonchev–Trinajstić information content (AvgIpc) is 3.11. The van der Waals surface area contributed by atoms with Crippen LogP contribution in [0.3, 0.4) is 0 Å². The van der Waals surface area contributed by atoms with Crippen LogP contribution in [0.2, 0.25) is 0 Å². The van der Waals surface area contributed by atoms with Crippen molar-refractivity contribution in [2.45, 2.75) is 32.8 Å². The van der Waals surface area contributed by atoms with Gasteiger partial charge in [-0.15, -0.1) is 5.10 Å². The lowest BCUT2D eigenvalue weighted by molar-refractivity contribution is -0.134. The Hall–Kier alpha value is -3.16. The number of nitrogens with zero attached hydrogens (tertiary/aromatic N) is 5. The van der Waals surface area contributed by atoms with Gasteiger partial charge in [0.05, 0.1) is 12.2 Å². The van der Waals surface area contributed by atoms with Gasteiger partial charge in [-0.25, -0.2) is 4.79 Å². The Kier molecular flexibility index (Phi) is 5.83. The van der Waals surface area contributed by atoms with E-state index >= 15 is 0 Å². The number of piperidine rings is 1.